The molecule has 1 aromatic carbocycles. The van der Waals surface area contributed by atoms with Gasteiger partial charge >= 0.3 is 0 Å². The van der Waals surface area contributed by atoms with Gasteiger partial charge in [0.1, 0.15) is 5.82 Å². The Balaban J connectivity index is 1.45. The molecule has 3 aromatic rings. The third kappa shape index (κ3) is 4.10. The second-order valence-electron chi connectivity index (χ2n) is 5.05. The van der Waals surface area contributed by atoms with Crippen LogP contribution in [0.2, 0.25) is 0 Å². The monoisotopic (exact) mass is 329 g/mol. The predicted octanol–water partition coefficient (Wildman–Crippen LogP) is 2.92. The fourth-order valence-electron chi connectivity index (χ4n) is 2.20. The average Bonchev–Trinajstić information content (AvgIpc) is 2.98. The first-order valence-electron chi connectivity index (χ1n) is 7.28. The minimum absolute atomic E-state index is 0.0372. The zero-order chi connectivity index (χ0) is 16.1. The van der Waals surface area contributed by atoms with Crippen molar-refractivity contribution in [3.8, 4) is 0 Å². The van der Waals surface area contributed by atoms with Crippen LogP contribution in [0.1, 0.15) is 5.56 Å². The Labute approximate surface area is 137 Å². The van der Waals surface area contributed by atoms with Gasteiger partial charge in [0.15, 0.2) is 5.16 Å². The van der Waals surface area contributed by atoms with Gasteiger partial charge in [-0.1, -0.05) is 30.0 Å². The number of carbonyl (C=O) groups excluding carboxylic acids is 1. The maximum Gasteiger partial charge on any atom is 0.230 e. The quantitative estimate of drug-likeness (QED) is 0.707. The van der Waals surface area contributed by atoms with Gasteiger partial charge in [0.25, 0.3) is 0 Å². The maximum absolute atomic E-state index is 12.8. The predicted molar refractivity (Wildman–Crippen MR) is 89.0 cm³/mol. The van der Waals surface area contributed by atoms with E-state index in [-0.39, 0.29) is 11.7 Å². The number of hydrogen-bond acceptors (Lipinski definition) is 3. The number of imidazole rings is 1. The summed E-state index contributed by atoms with van der Waals surface area (Å²) in [4.78, 5) is 16.2. The van der Waals surface area contributed by atoms with E-state index >= 15 is 0 Å². The smallest absolute Gasteiger partial charge is 0.230 e. The van der Waals surface area contributed by atoms with Crippen LogP contribution in [0.15, 0.2) is 60.0 Å². The summed E-state index contributed by atoms with van der Waals surface area (Å²) in [5.74, 6) is 0.0307. The largest absolute Gasteiger partial charge is 0.355 e. The van der Waals surface area contributed by atoms with Crippen LogP contribution in [0.3, 0.4) is 0 Å². The highest BCUT2D eigenvalue weighted by Crippen LogP contribution is 2.17. The van der Waals surface area contributed by atoms with Crippen LogP contribution >= 0.6 is 11.8 Å². The molecule has 0 atom stereocenters. The Hall–Kier alpha value is -2.34. The van der Waals surface area contributed by atoms with Crippen molar-refractivity contribution in [1.82, 2.24) is 14.7 Å². The zero-order valence-electron chi connectivity index (χ0n) is 12.4. The van der Waals surface area contributed by atoms with Crippen molar-refractivity contribution in [3.63, 3.8) is 0 Å². The highest BCUT2D eigenvalue weighted by atomic mass is 32.2. The lowest BCUT2D eigenvalue weighted by atomic mass is 10.1. The highest BCUT2D eigenvalue weighted by Gasteiger charge is 2.07. The summed E-state index contributed by atoms with van der Waals surface area (Å²) >= 11 is 1.40. The second kappa shape index (κ2) is 7.28. The summed E-state index contributed by atoms with van der Waals surface area (Å²) in [7, 11) is 0. The third-order valence-electron chi connectivity index (χ3n) is 3.39. The molecule has 0 saturated heterocycles. The molecule has 3 rings (SSSR count). The normalized spacial score (nSPS) is 10.8. The molecule has 2 aromatic heterocycles. The number of rotatable bonds is 6. The second-order valence-corrected chi connectivity index (χ2v) is 5.99. The fraction of sp³-hybridized carbons (Fsp3) is 0.176. The average molecular weight is 329 g/mol. The fourth-order valence-corrected chi connectivity index (χ4v) is 3.00. The molecule has 0 unspecified atom stereocenters. The van der Waals surface area contributed by atoms with Gasteiger partial charge in [-0.15, -0.1) is 0 Å². The number of pyridine rings is 1. The molecule has 0 fully saturated rings. The molecule has 1 amide bonds. The molecule has 0 aliphatic heterocycles. The van der Waals surface area contributed by atoms with Gasteiger partial charge in [-0.05, 0) is 36.2 Å². The van der Waals surface area contributed by atoms with Gasteiger partial charge in [-0.25, -0.2) is 9.37 Å². The van der Waals surface area contributed by atoms with Gasteiger partial charge in [-0.3, -0.25) is 9.20 Å². The minimum atomic E-state index is -0.249. The van der Waals surface area contributed by atoms with Crippen LogP contribution in [0, 0.1) is 5.82 Å². The molecule has 0 aliphatic rings. The number of carbonyl (C=O) groups is 1. The standard InChI is InChI=1S/C17H16FN3OS/c18-14-6-4-13(5-7-14)8-9-19-16(22)12-23-17-20-11-15-3-1-2-10-21(15)17/h1-7,10-11H,8-9,12H2,(H,19,22). The molecule has 6 heteroatoms. The lowest BCUT2D eigenvalue weighted by molar-refractivity contribution is -0.118. The molecule has 1 N–H and O–H groups in total. The molecular formula is C17H16FN3OS. The first-order valence-corrected chi connectivity index (χ1v) is 8.27. The SMILES string of the molecule is O=C(CSc1ncc2ccccn12)NCCc1ccc(F)cc1. The van der Waals surface area contributed by atoms with E-state index in [0.29, 0.717) is 18.7 Å². The molecule has 0 radical (unpaired) electrons. The van der Waals surface area contributed by atoms with E-state index in [9.17, 15) is 9.18 Å². The number of benzene rings is 1. The van der Waals surface area contributed by atoms with Gasteiger partial charge < -0.3 is 5.32 Å². The van der Waals surface area contributed by atoms with Crippen LogP contribution in [0.4, 0.5) is 4.39 Å². The van der Waals surface area contributed by atoms with Gasteiger partial charge in [0.05, 0.1) is 17.5 Å². The van der Waals surface area contributed by atoms with Crippen molar-refractivity contribution in [2.75, 3.05) is 12.3 Å². The summed E-state index contributed by atoms with van der Waals surface area (Å²) in [5, 5.41) is 3.67. The molecular weight excluding hydrogens is 313 g/mol. The van der Waals surface area contributed by atoms with Crippen molar-refractivity contribution in [3.05, 3.63) is 66.2 Å². The maximum atomic E-state index is 12.8. The third-order valence-corrected chi connectivity index (χ3v) is 4.35. The Bertz CT molecular complexity index is 801. The lowest BCUT2D eigenvalue weighted by Gasteiger charge is -2.05. The molecule has 0 bridgehead atoms. The Morgan fingerprint density at radius 1 is 1.22 bits per heavy atom. The number of aromatic nitrogens is 2. The summed E-state index contributed by atoms with van der Waals surface area (Å²) in [5.41, 5.74) is 2.00. The van der Waals surface area contributed by atoms with Crippen LogP contribution in [-0.2, 0) is 11.2 Å². The highest BCUT2D eigenvalue weighted by molar-refractivity contribution is 7.99. The molecule has 23 heavy (non-hydrogen) atoms. The summed E-state index contributed by atoms with van der Waals surface area (Å²) in [6.07, 6.45) is 4.40. The van der Waals surface area contributed by atoms with E-state index in [2.05, 4.69) is 10.3 Å². The van der Waals surface area contributed by atoms with E-state index in [1.54, 1.807) is 18.3 Å². The van der Waals surface area contributed by atoms with Crippen molar-refractivity contribution in [2.45, 2.75) is 11.6 Å². The van der Waals surface area contributed by atoms with Crippen molar-refractivity contribution >= 4 is 23.2 Å². The molecule has 0 saturated carbocycles. The van der Waals surface area contributed by atoms with E-state index in [4.69, 9.17) is 0 Å². The Kier molecular flexibility index (Phi) is 4.92. The number of fused-ring (bicyclic) bond motifs is 1. The van der Waals surface area contributed by atoms with Gasteiger partial charge in [0, 0.05) is 12.7 Å². The first kappa shape index (κ1) is 15.6. The number of hydrogen-bond donors (Lipinski definition) is 1. The van der Waals surface area contributed by atoms with E-state index in [1.807, 2.05) is 28.8 Å². The number of nitrogens with one attached hydrogen (secondary N) is 1. The lowest BCUT2D eigenvalue weighted by Crippen LogP contribution is -2.27. The Morgan fingerprint density at radius 2 is 2.04 bits per heavy atom. The molecule has 0 spiro atoms. The van der Waals surface area contributed by atoms with Crippen LogP contribution in [-0.4, -0.2) is 27.6 Å². The number of thioether (sulfide) groups is 1. The van der Waals surface area contributed by atoms with E-state index in [0.717, 1.165) is 16.2 Å². The van der Waals surface area contributed by atoms with Crippen LogP contribution in [0.5, 0.6) is 0 Å². The van der Waals surface area contributed by atoms with Gasteiger partial charge in [0.2, 0.25) is 5.91 Å². The van der Waals surface area contributed by atoms with Crippen molar-refractivity contribution in [2.24, 2.45) is 0 Å². The molecule has 0 aliphatic carbocycles. The van der Waals surface area contributed by atoms with Crippen molar-refractivity contribution < 1.29 is 9.18 Å². The molecule has 2 heterocycles. The zero-order valence-corrected chi connectivity index (χ0v) is 13.2. The topological polar surface area (TPSA) is 46.4 Å². The molecule has 118 valence electrons. The molecule has 4 nitrogen and oxygen atoms in total. The van der Waals surface area contributed by atoms with Crippen LogP contribution < -0.4 is 5.32 Å². The number of nitrogens with zero attached hydrogens (tertiary/aromatic N) is 2. The summed E-state index contributed by atoms with van der Waals surface area (Å²) in [6.45, 7) is 0.535. The summed E-state index contributed by atoms with van der Waals surface area (Å²) in [6, 6.07) is 12.2. The number of halogens is 1. The minimum Gasteiger partial charge on any atom is -0.355 e. The van der Waals surface area contributed by atoms with E-state index in [1.165, 1.54) is 23.9 Å². The summed E-state index contributed by atoms with van der Waals surface area (Å²) < 4.78 is 14.8. The first-order chi connectivity index (χ1) is 11.2. The van der Waals surface area contributed by atoms with Crippen molar-refractivity contribution in [1.29, 1.82) is 0 Å². The van der Waals surface area contributed by atoms with Gasteiger partial charge in [-0.2, -0.15) is 0 Å². The van der Waals surface area contributed by atoms with Crippen LogP contribution in [0.25, 0.3) is 5.52 Å². The van der Waals surface area contributed by atoms with E-state index < -0.39 is 0 Å². The number of amides is 1. The Morgan fingerprint density at radius 3 is 2.87 bits per heavy atom.